The van der Waals surface area contributed by atoms with Gasteiger partial charge in [0.05, 0.1) is 18.2 Å². The zero-order valence-corrected chi connectivity index (χ0v) is 37.8. The molecule has 4 amide bonds. The van der Waals surface area contributed by atoms with Crippen LogP contribution >= 0.6 is 11.8 Å². The van der Waals surface area contributed by atoms with E-state index in [1.165, 1.54) is 6.92 Å². The van der Waals surface area contributed by atoms with Gasteiger partial charge in [-0.2, -0.15) is 0 Å². The predicted molar refractivity (Wildman–Crippen MR) is 239 cm³/mol. The molecule has 3 saturated carbocycles. The second-order valence-electron chi connectivity index (χ2n) is 18.9. The number of nitrogens with zero attached hydrogens (tertiary/aromatic N) is 1. The molecule has 13 nitrogen and oxygen atoms in total. The molecule has 4 N–H and O–H groups in total. The zero-order chi connectivity index (χ0) is 46.6. The number of allylic oxidation sites excluding steroid dienone is 5. The van der Waals surface area contributed by atoms with E-state index < -0.39 is 88.6 Å². The highest BCUT2D eigenvalue weighted by Gasteiger charge is 2.79. The number of benzene rings is 2. The standard InChI is InChI=1S/C50H56FN3O10S/c1-28-17-19-47(4)33(21-28)13-14-36-37-24-41-50(40(58)26-55,48(37,5)25-39(57)49(36,47)51)64-46(63-41)32-11-9-31(10-12-32)27-65-35-8-6-7-34(23-35)53-45(62)29(2)22-38(56)30(3)52-42(59)18-20-54-43(60)15-16-44(54)61/h6-12,15-17,19,21,23,29-30,36-37,39,41,46,55,57H,1,13-14,18,20,22,24-27H2,2-5H3,(H,52,59)(H,53,62)/t29-,30+,36+,37+,39+,41-,46-,47+,48+,49+,50-/m1/s1. The summed E-state index contributed by atoms with van der Waals surface area (Å²) in [5, 5.41) is 27.7. The van der Waals surface area contributed by atoms with Crippen molar-refractivity contribution < 1.29 is 52.8 Å². The van der Waals surface area contributed by atoms with Crippen LogP contribution in [0.4, 0.5) is 10.1 Å². The van der Waals surface area contributed by atoms with Crippen LogP contribution in [-0.4, -0.2) is 93.0 Å². The van der Waals surface area contributed by atoms with E-state index in [2.05, 4.69) is 17.2 Å². The summed E-state index contributed by atoms with van der Waals surface area (Å²) >= 11 is 1.55. The first-order valence-corrected chi connectivity index (χ1v) is 23.2. The number of imide groups is 1. The Morgan fingerprint density at radius 1 is 1.03 bits per heavy atom. The van der Waals surface area contributed by atoms with E-state index in [1.54, 1.807) is 24.8 Å². The fraction of sp³-hybridized carbons (Fsp3) is 0.480. The number of Topliss-reactive ketones (excluding diaryl/α,β-unsaturated/α-hetero) is 2. The molecule has 0 aromatic heterocycles. The number of alkyl halides is 1. The van der Waals surface area contributed by atoms with Crippen molar-refractivity contribution in [2.75, 3.05) is 18.5 Å². The quantitative estimate of drug-likeness (QED) is 0.121. The van der Waals surface area contributed by atoms with Crippen LogP contribution in [0.1, 0.15) is 83.6 Å². The van der Waals surface area contributed by atoms with Gasteiger partial charge in [-0.1, -0.05) is 74.6 Å². The Kier molecular flexibility index (Phi) is 12.6. The number of amides is 4. The third kappa shape index (κ3) is 7.96. The van der Waals surface area contributed by atoms with Crippen LogP contribution < -0.4 is 10.6 Å². The number of carbonyl (C=O) groups excluding carboxylic acids is 6. The highest BCUT2D eigenvalue weighted by molar-refractivity contribution is 7.98. The summed E-state index contributed by atoms with van der Waals surface area (Å²) in [4.78, 5) is 77.6. The number of fused-ring (bicyclic) bond motifs is 7. The van der Waals surface area contributed by atoms with Gasteiger partial charge in [-0.15, -0.1) is 11.8 Å². The van der Waals surface area contributed by atoms with E-state index in [9.17, 15) is 39.0 Å². The molecule has 6 aliphatic rings. The van der Waals surface area contributed by atoms with Crippen molar-refractivity contribution in [3.8, 4) is 0 Å². The maximum atomic E-state index is 17.8. The van der Waals surface area contributed by atoms with E-state index in [-0.39, 0.29) is 43.4 Å². The second-order valence-corrected chi connectivity index (χ2v) is 19.9. The smallest absolute Gasteiger partial charge is 0.253 e. The number of ketones is 2. The molecule has 2 heterocycles. The lowest BCUT2D eigenvalue weighted by molar-refractivity contribution is -0.231. The van der Waals surface area contributed by atoms with Gasteiger partial charge in [-0.25, -0.2) is 4.39 Å². The highest BCUT2D eigenvalue weighted by atomic mass is 32.2. The molecule has 0 bridgehead atoms. The van der Waals surface area contributed by atoms with Crippen LogP contribution in [-0.2, 0) is 44.0 Å². The van der Waals surface area contributed by atoms with Crippen molar-refractivity contribution in [2.24, 2.45) is 28.6 Å². The van der Waals surface area contributed by atoms with Crippen molar-refractivity contribution >= 4 is 52.6 Å². The van der Waals surface area contributed by atoms with E-state index in [0.29, 0.717) is 36.3 Å². The van der Waals surface area contributed by atoms with Gasteiger partial charge in [0.15, 0.2) is 29.1 Å². The molecule has 2 aromatic carbocycles. The largest absolute Gasteiger partial charge is 0.390 e. The van der Waals surface area contributed by atoms with Gasteiger partial charge in [0.25, 0.3) is 11.8 Å². The monoisotopic (exact) mass is 909 g/mol. The average molecular weight is 910 g/mol. The van der Waals surface area contributed by atoms with Crippen LogP contribution in [0.2, 0.25) is 0 Å². The third-order valence-electron chi connectivity index (χ3n) is 15.1. The van der Waals surface area contributed by atoms with Crippen LogP contribution in [0.25, 0.3) is 0 Å². The topological polar surface area (TPSA) is 189 Å². The van der Waals surface area contributed by atoms with Crippen LogP contribution in [0.5, 0.6) is 0 Å². The fourth-order valence-electron chi connectivity index (χ4n) is 11.5. The SMILES string of the molecule is C=C1C=C[C@@]2(C)C(=C1)CC[C@H]1[C@@H]3C[C@H]4O[C@@H](c5ccc(CSc6cccc(NC(=O)[C@H](C)CC(=O)[C@H](C)NC(=O)CCN7C(=O)C=CC7=O)c6)cc5)O[C@@]4(C(=O)CO)[C@@]3(C)C[C@H](O)[C@@]12F. The Labute approximate surface area is 381 Å². The van der Waals surface area contributed by atoms with Gasteiger partial charge in [0.2, 0.25) is 11.8 Å². The van der Waals surface area contributed by atoms with E-state index in [4.69, 9.17) is 9.47 Å². The predicted octanol–water partition coefficient (Wildman–Crippen LogP) is 6.01. The van der Waals surface area contributed by atoms with Gasteiger partial charge in [0.1, 0.15) is 6.61 Å². The Morgan fingerprint density at radius 3 is 2.46 bits per heavy atom. The minimum atomic E-state index is -1.98. The minimum Gasteiger partial charge on any atom is -0.390 e. The first-order valence-electron chi connectivity index (χ1n) is 22.3. The number of aliphatic hydroxyl groups excluding tert-OH is 2. The first kappa shape index (κ1) is 46.5. The van der Waals surface area contributed by atoms with Gasteiger partial charge < -0.3 is 30.3 Å². The van der Waals surface area contributed by atoms with Crippen molar-refractivity contribution in [1.82, 2.24) is 10.2 Å². The maximum absolute atomic E-state index is 17.8. The van der Waals surface area contributed by atoms with Crippen LogP contribution in [0, 0.1) is 28.6 Å². The average Bonchev–Trinajstić information content (AvgIpc) is 3.90. The number of thioether (sulfide) groups is 1. The summed E-state index contributed by atoms with van der Waals surface area (Å²) in [5.74, 6) is -3.73. The number of anilines is 1. The molecular weight excluding hydrogens is 854 g/mol. The molecule has 0 spiro atoms. The molecule has 1 saturated heterocycles. The number of hydrogen-bond acceptors (Lipinski definition) is 11. The summed E-state index contributed by atoms with van der Waals surface area (Å²) in [6.45, 7) is 10.1. The highest BCUT2D eigenvalue weighted by Crippen LogP contribution is 2.72. The summed E-state index contributed by atoms with van der Waals surface area (Å²) in [5.41, 5.74) is -1.66. The molecule has 15 heteroatoms. The second kappa shape index (κ2) is 17.6. The molecule has 0 unspecified atom stereocenters. The summed E-state index contributed by atoms with van der Waals surface area (Å²) < 4.78 is 31.1. The Bertz CT molecular complexity index is 2400. The van der Waals surface area contributed by atoms with Crippen LogP contribution in [0.15, 0.2) is 102 Å². The fourth-order valence-corrected chi connectivity index (χ4v) is 12.4. The molecule has 2 aromatic rings. The summed E-state index contributed by atoms with van der Waals surface area (Å²) in [6, 6.07) is 14.1. The molecule has 65 heavy (non-hydrogen) atoms. The number of ether oxygens (including phenoxy) is 2. The molecule has 11 atom stereocenters. The molecule has 8 rings (SSSR count). The van der Waals surface area contributed by atoms with Crippen LogP contribution in [0.3, 0.4) is 0 Å². The van der Waals surface area contributed by atoms with Crippen molar-refractivity contribution in [1.29, 1.82) is 0 Å². The lowest BCUT2D eigenvalue weighted by atomic mass is 9.44. The zero-order valence-electron chi connectivity index (χ0n) is 37.0. The molecule has 2 aliphatic heterocycles. The van der Waals surface area contributed by atoms with E-state index in [1.807, 2.05) is 74.5 Å². The van der Waals surface area contributed by atoms with Crippen molar-refractivity contribution in [3.63, 3.8) is 0 Å². The van der Waals surface area contributed by atoms with Gasteiger partial charge in [-0.3, -0.25) is 33.7 Å². The number of nitrogens with one attached hydrogen (secondary N) is 2. The summed E-state index contributed by atoms with van der Waals surface area (Å²) in [6.07, 6.45) is 6.00. The number of halogens is 1. The van der Waals surface area contributed by atoms with Crippen molar-refractivity contribution in [2.45, 2.75) is 113 Å². The Hall–Kier alpha value is -5.06. The molecular formula is C50H56FN3O10S. The lowest BCUT2D eigenvalue weighted by Gasteiger charge is -2.62. The number of rotatable bonds is 15. The molecule has 4 fully saturated rings. The Morgan fingerprint density at radius 2 is 1.75 bits per heavy atom. The van der Waals surface area contributed by atoms with E-state index in [0.717, 1.165) is 38.7 Å². The number of hydrogen-bond donors (Lipinski definition) is 4. The minimum absolute atomic E-state index is 0.0311. The Balaban J connectivity index is 0.854. The molecule has 0 radical (unpaired) electrons. The van der Waals surface area contributed by atoms with Crippen molar-refractivity contribution in [3.05, 3.63) is 108 Å². The summed E-state index contributed by atoms with van der Waals surface area (Å²) in [7, 11) is 0. The molecule has 4 aliphatic carbocycles. The van der Waals surface area contributed by atoms with Gasteiger partial charge >= 0.3 is 0 Å². The maximum Gasteiger partial charge on any atom is 0.253 e. The third-order valence-corrected chi connectivity index (χ3v) is 16.1. The number of aliphatic hydroxyl groups is 2. The number of carbonyl (C=O) groups is 6. The van der Waals surface area contributed by atoms with Gasteiger partial charge in [0, 0.05) is 76.1 Å². The normalized spacial score (nSPS) is 33.1. The molecule has 344 valence electrons. The first-order chi connectivity index (χ1) is 30.8. The van der Waals surface area contributed by atoms with Gasteiger partial charge in [-0.05, 0) is 74.8 Å². The van der Waals surface area contributed by atoms with E-state index >= 15 is 4.39 Å². The lowest BCUT2D eigenvalue weighted by Crippen LogP contribution is -2.69.